The molecule has 0 fully saturated rings. The first-order valence-corrected chi connectivity index (χ1v) is 7.82. The third-order valence-electron chi connectivity index (χ3n) is 3.65. The molecule has 0 amide bonds. The molecule has 2 rings (SSSR count). The zero-order chi connectivity index (χ0) is 17.6. The summed E-state index contributed by atoms with van der Waals surface area (Å²) in [4.78, 5) is 15.3. The molecule has 5 nitrogen and oxygen atoms in total. The second-order valence-electron chi connectivity index (χ2n) is 6.43. The average molecular weight is 325 g/mol. The number of carbonyl (C=O) groups is 1. The Morgan fingerprint density at radius 3 is 2.75 bits per heavy atom. The first-order chi connectivity index (χ1) is 11.4. The lowest BCUT2D eigenvalue weighted by atomic mass is 9.94. The summed E-state index contributed by atoms with van der Waals surface area (Å²) in [5, 5.41) is 12.0. The molecule has 1 aromatic heterocycles. The molecule has 0 radical (unpaired) electrons. The van der Waals surface area contributed by atoms with Crippen molar-refractivity contribution in [3.63, 3.8) is 0 Å². The number of carboxylic acid groups (broad SMARTS) is 1. The lowest BCUT2D eigenvalue weighted by Crippen LogP contribution is -2.31. The van der Waals surface area contributed by atoms with Crippen LogP contribution in [-0.2, 0) is 4.79 Å². The van der Waals surface area contributed by atoms with E-state index in [0.717, 1.165) is 35.3 Å². The van der Waals surface area contributed by atoms with Gasteiger partial charge in [-0.3, -0.25) is 0 Å². The Bertz CT molecular complexity index is 739. The number of carboxylic acids is 1. The highest BCUT2D eigenvalue weighted by Crippen LogP contribution is 2.21. The molecule has 0 saturated heterocycles. The van der Waals surface area contributed by atoms with Gasteiger partial charge in [-0.1, -0.05) is 38.1 Å². The minimum absolute atomic E-state index is 0.000766. The van der Waals surface area contributed by atoms with Crippen molar-refractivity contribution >= 4 is 17.9 Å². The largest absolute Gasteiger partial charge is 0.478 e. The highest BCUT2D eigenvalue weighted by atomic mass is 16.4. The van der Waals surface area contributed by atoms with Gasteiger partial charge in [0, 0.05) is 18.2 Å². The summed E-state index contributed by atoms with van der Waals surface area (Å²) in [6.07, 6.45) is 2.69. The van der Waals surface area contributed by atoms with Gasteiger partial charge >= 0.3 is 5.97 Å². The van der Waals surface area contributed by atoms with Gasteiger partial charge in [-0.2, -0.15) is 0 Å². The zero-order valence-electron chi connectivity index (χ0n) is 14.0. The van der Waals surface area contributed by atoms with Crippen LogP contribution in [0.3, 0.4) is 0 Å². The second-order valence-corrected chi connectivity index (χ2v) is 6.43. The lowest BCUT2D eigenvalue weighted by Gasteiger charge is -2.23. The van der Waals surface area contributed by atoms with Gasteiger partial charge in [0.25, 0.3) is 0 Å². The van der Waals surface area contributed by atoms with Crippen LogP contribution in [0.25, 0.3) is 17.3 Å². The average Bonchev–Trinajstić information content (AvgIpc) is 2.59. The number of aliphatic carboxylic acids is 1. The van der Waals surface area contributed by atoms with E-state index in [0.29, 0.717) is 6.54 Å². The summed E-state index contributed by atoms with van der Waals surface area (Å²) >= 11 is 0. The Balaban J connectivity index is 2.19. The minimum atomic E-state index is -0.966. The van der Waals surface area contributed by atoms with Crippen molar-refractivity contribution < 1.29 is 9.90 Å². The van der Waals surface area contributed by atoms with E-state index in [1.54, 1.807) is 6.08 Å². The highest BCUT2D eigenvalue weighted by Gasteiger charge is 2.15. The van der Waals surface area contributed by atoms with Crippen molar-refractivity contribution in [3.8, 4) is 11.3 Å². The maximum Gasteiger partial charge on any atom is 0.328 e. The van der Waals surface area contributed by atoms with Crippen LogP contribution in [0.15, 0.2) is 48.5 Å². The van der Waals surface area contributed by atoms with Crippen LogP contribution in [0, 0.1) is 5.41 Å². The number of hydrogen-bond acceptors (Lipinski definition) is 4. The summed E-state index contributed by atoms with van der Waals surface area (Å²) in [5.41, 5.74) is 8.33. The Morgan fingerprint density at radius 2 is 2.04 bits per heavy atom. The van der Waals surface area contributed by atoms with E-state index in [4.69, 9.17) is 10.8 Å². The number of aromatic nitrogens is 1. The maximum atomic E-state index is 10.6. The number of nitrogens with zero attached hydrogens (tertiary/aromatic N) is 1. The SMILES string of the molecule is CC(C)(CN)CNc1cccc(-c2cccc(/C=C/C(=O)O)c2)n1. The van der Waals surface area contributed by atoms with Crippen molar-refractivity contribution in [2.45, 2.75) is 13.8 Å². The topological polar surface area (TPSA) is 88.2 Å². The Morgan fingerprint density at radius 1 is 1.29 bits per heavy atom. The first kappa shape index (κ1) is 17.7. The minimum Gasteiger partial charge on any atom is -0.478 e. The Hall–Kier alpha value is -2.66. The summed E-state index contributed by atoms with van der Waals surface area (Å²) in [6, 6.07) is 13.4. The van der Waals surface area contributed by atoms with Crippen LogP contribution in [0.5, 0.6) is 0 Å². The van der Waals surface area contributed by atoms with E-state index in [2.05, 4.69) is 24.1 Å². The molecule has 0 aliphatic rings. The quantitative estimate of drug-likeness (QED) is 0.680. The number of rotatable bonds is 7. The molecule has 0 spiro atoms. The lowest BCUT2D eigenvalue weighted by molar-refractivity contribution is -0.131. The third-order valence-corrected chi connectivity index (χ3v) is 3.65. The smallest absolute Gasteiger partial charge is 0.328 e. The fraction of sp³-hybridized carbons (Fsp3) is 0.263. The number of anilines is 1. The van der Waals surface area contributed by atoms with Crippen LogP contribution in [-0.4, -0.2) is 29.1 Å². The molecule has 4 N–H and O–H groups in total. The number of nitrogens with one attached hydrogen (secondary N) is 1. The summed E-state index contributed by atoms with van der Waals surface area (Å²) in [6.45, 7) is 5.53. The number of nitrogens with two attached hydrogens (primary N) is 1. The molecule has 0 atom stereocenters. The predicted molar refractivity (Wildman–Crippen MR) is 97.7 cm³/mol. The molecule has 0 aliphatic carbocycles. The van der Waals surface area contributed by atoms with Crippen molar-refractivity contribution in [2.75, 3.05) is 18.4 Å². The fourth-order valence-electron chi connectivity index (χ4n) is 2.07. The molecule has 126 valence electrons. The van der Waals surface area contributed by atoms with E-state index < -0.39 is 5.97 Å². The zero-order valence-corrected chi connectivity index (χ0v) is 14.0. The fourth-order valence-corrected chi connectivity index (χ4v) is 2.07. The number of pyridine rings is 1. The van der Waals surface area contributed by atoms with E-state index in [1.807, 2.05) is 42.5 Å². The molecule has 5 heteroatoms. The van der Waals surface area contributed by atoms with Gasteiger partial charge in [0.15, 0.2) is 0 Å². The maximum absolute atomic E-state index is 10.6. The van der Waals surface area contributed by atoms with E-state index in [-0.39, 0.29) is 5.41 Å². The van der Waals surface area contributed by atoms with Gasteiger partial charge < -0.3 is 16.2 Å². The molecule has 0 bridgehead atoms. The standard InChI is InChI=1S/C19H23N3O2/c1-19(2,12-20)13-21-17-8-4-7-16(22-17)15-6-3-5-14(11-15)9-10-18(23)24/h3-11H,12-13,20H2,1-2H3,(H,21,22)(H,23,24)/b10-9+. The van der Waals surface area contributed by atoms with Crippen molar-refractivity contribution in [1.82, 2.24) is 4.98 Å². The third kappa shape index (κ3) is 5.21. The van der Waals surface area contributed by atoms with Crippen LogP contribution < -0.4 is 11.1 Å². The Labute approximate surface area is 142 Å². The van der Waals surface area contributed by atoms with Crippen molar-refractivity contribution in [3.05, 3.63) is 54.1 Å². The van der Waals surface area contributed by atoms with Gasteiger partial charge in [-0.05, 0) is 41.8 Å². The predicted octanol–water partition coefficient (Wildman–Crippen LogP) is 3.24. The van der Waals surface area contributed by atoms with Gasteiger partial charge in [-0.15, -0.1) is 0 Å². The Kier molecular flexibility index (Phi) is 5.71. The van der Waals surface area contributed by atoms with Crippen LogP contribution in [0.2, 0.25) is 0 Å². The molecule has 0 unspecified atom stereocenters. The van der Waals surface area contributed by atoms with Gasteiger partial charge in [-0.25, -0.2) is 9.78 Å². The molecule has 24 heavy (non-hydrogen) atoms. The normalized spacial score (nSPS) is 11.6. The monoisotopic (exact) mass is 325 g/mol. The summed E-state index contributed by atoms with van der Waals surface area (Å²) in [7, 11) is 0. The highest BCUT2D eigenvalue weighted by molar-refractivity contribution is 5.85. The van der Waals surface area contributed by atoms with E-state index in [9.17, 15) is 4.79 Å². The van der Waals surface area contributed by atoms with Crippen LogP contribution in [0.1, 0.15) is 19.4 Å². The summed E-state index contributed by atoms with van der Waals surface area (Å²) < 4.78 is 0. The molecule has 0 saturated carbocycles. The number of benzene rings is 1. The van der Waals surface area contributed by atoms with Gasteiger partial charge in [0.2, 0.25) is 0 Å². The van der Waals surface area contributed by atoms with Crippen LogP contribution >= 0.6 is 0 Å². The molecular weight excluding hydrogens is 302 g/mol. The second kappa shape index (κ2) is 7.75. The van der Waals surface area contributed by atoms with Gasteiger partial charge in [0.1, 0.15) is 5.82 Å². The molecule has 1 heterocycles. The van der Waals surface area contributed by atoms with E-state index >= 15 is 0 Å². The molecule has 1 aromatic carbocycles. The number of hydrogen-bond donors (Lipinski definition) is 3. The molecular formula is C19H23N3O2. The van der Waals surface area contributed by atoms with Crippen LogP contribution in [0.4, 0.5) is 5.82 Å². The van der Waals surface area contributed by atoms with E-state index in [1.165, 1.54) is 0 Å². The molecule has 0 aliphatic heterocycles. The first-order valence-electron chi connectivity index (χ1n) is 7.82. The van der Waals surface area contributed by atoms with Crippen molar-refractivity contribution in [1.29, 1.82) is 0 Å². The summed E-state index contributed by atoms with van der Waals surface area (Å²) in [5.74, 6) is -0.173. The van der Waals surface area contributed by atoms with Gasteiger partial charge in [0.05, 0.1) is 5.69 Å². The molecule has 2 aromatic rings. The van der Waals surface area contributed by atoms with Crippen molar-refractivity contribution in [2.24, 2.45) is 11.1 Å².